The summed E-state index contributed by atoms with van der Waals surface area (Å²) in [7, 11) is 1.45. The Morgan fingerprint density at radius 2 is 2.07 bits per heavy atom. The zero-order chi connectivity index (χ0) is 22.1. The molecule has 162 valence electrons. The molecular weight excluding hydrogens is 374 g/mol. The van der Waals surface area contributed by atoms with Crippen molar-refractivity contribution in [2.75, 3.05) is 18.6 Å². The third kappa shape index (κ3) is 3.64. The van der Waals surface area contributed by atoms with Crippen LogP contribution in [0.5, 0.6) is 0 Å². The molecule has 1 aromatic rings. The maximum Gasteiger partial charge on any atom is 0.311 e. The van der Waals surface area contributed by atoms with Gasteiger partial charge in [0.25, 0.3) is 0 Å². The van der Waals surface area contributed by atoms with Crippen molar-refractivity contribution in [3.8, 4) is 12.3 Å². The van der Waals surface area contributed by atoms with Crippen LogP contribution in [0.15, 0.2) is 18.2 Å². The van der Waals surface area contributed by atoms with E-state index in [-0.39, 0.29) is 23.2 Å². The Balaban J connectivity index is 2.18. The minimum Gasteiger partial charge on any atom is -0.469 e. The predicted octanol–water partition coefficient (Wildman–Crippen LogP) is 5.20. The fraction of sp³-hybridized carbons (Fsp3) is 0.615. The van der Waals surface area contributed by atoms with Gasteiger partial charge in [0.15, 0.2) is 0 Å². The van der Waals surface area contributed by atoms with Crippen molar-refractivity contribution in [3.05, 3.63) is 29.3 Å². The zero-order valence-corrected chi connectivity index (χ0v) is 19.1. The highest BCUT2D eigenvalue weighted by Gasteiger charge is 2.57. The van der Waals surface area contributed by atoms with Crippen molar-refractivity contribution in [1.82, 2.24) is 0 Å². The number of terminal acetylenes is 1. The normalized spacial score (nSPS) is 28.4. The molecule has 0 radical (unpaired) electrons. The summed E-state index contributed by atoms with van der Waals surface area (Å²) in [4.78, 5) is 28.4. The number of benzene rings is 1. The van der Waals surface area contributed by atoms with Gasteiger partial charge in [0.05, 0.1) is 12.5 Å². The Labute approximate surface area is 181 Å². The number of hydrogen-bond donors (Lipinski definition) is 0. The first-order chi connectivity index (χ1) is 14.2. The summed E-state index contributed by atoms with van der Waals surface area (Å²) in [5, 5.41) is 0. The van der Waals surface area contributed by atoms with E-state index in [1.54, 1.807) is 0 Å². The molecule has 30 heavy (non-hydrogen) atoms. The molecule has 1 aliphatic heterocycles. The average molecular weight is 410 g/mol. The summed E-state index contributed by atoms with van der Waals surface area (Å²) in [5.41, 5.74) is 2.47. The molecular formula is C26H35NO3. The van der Waals surface area contributed by atoms with Gasteiger partial charge < -0.3 is 9.64 Å². The number of fused-ring (bicyclic) bond motifs is 3. The van der Waals surface area contributed by atoms with Gasteiger partial charge in [-0.15, -0.1) is 12.3 Å². The molecule has 0 aromatic heterocycles. The number of anilines is 1. The van der Waals surface area contributed by atoms with Gasteiger partial charge in [0.1, 0.15) is 0 Å². The lowest BCUT2D eigenvalue weighted by Crippen LogP contribution is -2.51. The molecule has 2 aliphatic rings. The van der Waals surface area contributed by atoms with Gasteiger partial charge in [0, 0.05) is 25.1 Å². The second kappa shape index (κ2) is 8.46. The number of unbranched alkanes of at least 4 members (excludes halogenated alkanes) is 1. The second-order valence-electron chi connectivity index (χ2n) is 9.72. The molecule has 1 saturated carbocycles. The average Bonchev–Trinajstić information content (AvgIpc) is 2.81. The first-order valence-electron chi connectivity index (χ1n) is 11.2. The second-order valence-corrected chi connectivity index (χ2v) is 9.72. The SMILES string of the molecule is C#CCCCN1C(=O)C[C@H]2[C@](C)(C(=O)OC)CCC[C@]2(C)c2ccc(C(C)C)cc21. The van der Waals surface area contributed by atoms with E-state index in [0.717, 1.165) is 31.4 Å². The Bertz CT molecular complexity index is 868. The highest BCUT2D eigenvalue weighted by atomic mass is 16.5. The number of carbonyl (C=O) groups is 2. The van der Waals surface area contributed by atoms with Crippen LogP contribution in [0.2, 0.25) is 0 Å². The lowest BCUT2D eigenvalue weighted by Gasteiger charge is -2.50. The van der Waals surface area contributed by atoms with Gasteiger partial charge in [-0.3, -0.25) is 9.59 Å². The van der Waals surface area contributed by atoms with Crippen molar-refractivity contribution >= 4 is 17.6 Å². The third-order valence-corrected chi connectivity index (χ3v) is 7.56. The van der Waals surface area contributed by atoms with E-state index in [4.69, 9.17) is 11.2 Å². The molecule has 4 nitrogen and oxygen atoms in total. The Morgan fingerprint density at radius 1 is 1.33 bits per heavy atom. The van der Waals surface area contributed by atoms with Crippen LogP contribution in [0.3, 0.4) is 0 Å². The number of methoxy groups -OCH3 is 1. The zero-order valence-electron chi connectivity index (χ0n) is 19.1. The maximum absolute atomic E-state index is 13.6. The summed E-state index contributed by atoms with van der Waals surface area (Å²) in [6.45, 7) is 9.18. The standard InChI is InChI=1S/C26H35NO3/c1-7-8-9-15-27-21-16-19(18(2)3)11-12-20(21)25(4)13-10-14-26(5,24(29)30-6)22(25)17-23(27)28/h1,11-12,16,18,22H,8-10,13-15,17H2,2-6H3/t22-,25-,26-/m1/s1. The summed E-state index contributed by atoms with van der Waals surface area (Å²) in [6.07, 6.45) is 9.88. The molecule has 0 saturated heterocycles. The smallest absolute Gasteiger partial charge is 0.311 e. The molecule has 1 heterocycles. The van der Waals surface area contributed by atoms with Crippen molar-refractivity contribution in [2.24, 2.45) is 11.3 Å². The number of amides is 1. The Kier molecular flexibility index (Phi) is 6.32. The molecule has 1 fully saturated rings. The number of ether oxygens (including phenoxy) is 1. The fourth-order valence-corrected chi connectivity index (χ4v) is 5.74. The van der Waals surface area contributed by atoms with Gasteiger partial charge in [-0.25, -0.2) is 0 Å². The Hall–Kier alpha value is -2.28. The first kappa shape index (κ1) is 22.4. The minimum atomic E-state index is -0.666. The first-order valence-corrected chi connectivity index (χ1v) is 11.2. The molecule has 1 aliphatic carbocycles. The number of esters is 1. The van der Waals surface area contributed by atoms with E-state index in [1.807, 2.05) is 11.8 Å². The van der Waals surface area contributed by atoms with Crippen molar-refractivity contribution in [3.63, 3.8) is 0 Å². The summed E-state index contributed by atoms with van der Waals surface area (Å²) < 4.78 is 5.22. The van der Waals surface area contributed by atoms with Crippen LogP contribution in [0, 0.1) is 23.7 Å². The van der Waals surface area contributed by atoms with Crippen LogP contribution >= 0.6 is 0 Å². The molecule has 0 unspecified atom stereocenters. The predicted molar refractivity (Wildman–Crippen MR) is 120 cm³/mol. The molecule has 0 N–H and O–H groups in total. The minimum absolute atomic E-state index is 0.0833. The van der Waals surface area contributed by atoms with E-state index >= 15 is 0 Å². The van der Waals surface area contributed by atoms with Gasteiger partial charge >= 0.3 is 5.97 Å². The highest BCUT2D eigenvalue weighted by molar-refractivity contribution is 5.96. The number of carbonyl (C=O) groups excluding carboxylic acids is 2. The lowest BCUT2D eigenvalue weighted by atomic mass is 9.53. The monoisotopic (exact) mass is 409 g/mol. The number of hydrogen-bond acceptors (Lipinski definition) is 3. The van der Waals surface area contributed by atoms with Crippen molar-refractivity contribution in [1.29, 1.82) is 0 Å². The van der Waals surface area contributed by atoms with E-state index in [1.165, 1.54) is 18.2 Å². The molecule has 1 aromatic carbocycles. The number of rotatable bonds is 5. The summed E-state index contributed by atoms with van der Waals surface area (Å²) >= 11 is 0. The van der Waals surface area contributed by atoms with E-state index < -0.39 is 5.41 Å². The van der Waals surface area contributed by atoms with Crippen LogP contribution in [0.1, 0.15) is 83.3 Å². The van der Waals surface area contributed by atoms with E-state index in [9.17, 15) is 9.59 Å². The largest absolute Gasteiger partial charge is 0.469 e. The maximum atomic E-state index is 13.6. The van der Waals surface area contributed by atoms with Crippen LogP contribution in [0.4, 0.5) is 5.69 Å². The van der Waals surface area contributed by atoms with E-state index in [0.29, 0.717) is 25.3 Å². The van der Waals surface area contributed by atoms with Gasteiger partial charge in [-0.05, 0) is 60.6 Å². The fourth-order valence-electron chi connectivity index (χ4n) is 5.74. The molecule has 3 atom stereocenters. The third-order valence-electron chi connectivity index (χ3n) is 7.56. The highest BCUT2D eigenvalue weighted by Crippen LogP contribution is 2.57. The summed E-state index contributed by atoms with van der Waals surface area (Å²) in [6, 6.07) is 6.57. The molecule has 3 rings (SSSR count). The molecule has 1 amide bonds. The lowest BCUT2D eigenvalue weighted by molar-refractivity contribution is -0.161. The van der Waals surface area contributed by atoms with Crippen LogP contribution in [0.25, 0.3) is 0 Å². The quantitative estimate of drug-likeness (QED) is 0.382. The summed E-state index contributed by atoms with van der Waals surface area (Å²) in [5.74, 6) is 2.84. The molecule has 4 heteroatoms. The van der Waals surface area contributed by atoms with Crippen LogP contribution in [-0.4, -0.2) is 25.5 Å². The number of nitrogens with zero attached hydrogens (tertiary/aromatic N) is 1. The van der Waals surface area contributed by atoms with Crippen LogP contribution < -0.4 is 4.90 Å². The van der Waals surface area contributed by atoms with Gasteiger partial charge in [-0.2, -0.15) is 0 Å². The van der Waals surface area contributed by atoms with Crippen molar-refractivity contribution < 1.29 is 14.3 Å². The van der Waals surface area contributed by atoms with Crippen LogP contribution in [-0.2, 0) is 19.7 Å². The molecule has 0 spiro atoms. The van der Waals surface area contributed by atoms with Crippen molar-refractivity contribution in [2.45, 2.75) is 77.6 Å². The van der Waals surface area contributed by atoms with Gasteiger partial charge in [-0.1, -0.05) is 39.3 Å². The Morgan fingerprint density at radius 3 is 2.70 bits per heavy atom. The van der Waals surface area contributed by atoms with Gasteiger partial charge in [0.2, 0.25) is 5.91 Å². The topological polar surface area (TPSA) is 46.6 Å². The molecule has 0 bridgehead atoms. The van der Waals surface area contributed by atoms with E-state index in [2.05, 4.69) is 44.9 Å².